The summed E-state index contributed by atoms with van der Waals surface area (Å²) in [6.45, 7) is 0.383. The zero-order valence-electron chi connectivity index (χ0n) is 13.5. The number of aromatic nitrogens is 3. The molecule has 0 aliphatic rings. The fourth-order valence-electron chi connectivity index (χ4n) is 2.72. The summed E-state index contributed by atoms with van der Waals surface area (Å²) in [5.41, 5.74) is 3.24. The lowest BCUT2D eigenvalue weighted by Gasteiger charge is -2.03. The molecule has 1 amide bonds. The number of carbonyl (C=O) groups excluding carboxylic acids is 1. The summed E-state index contributed by atoms with van der Waals surface area (Å²) in [4.78, 5) is 15.7. The van der Waals surface area contributed by atoms with Crippen molar-refractivity contribution < 1.29 is 4.79 Å². The lowest BCUT2D eigenvalue weighted by molar-refractivity contribution is 0.0946. The summed E-state index contributed by atoms with van der Waals surface area (Å²) in [5, 5.41) is 8.90. The Balaban J connectivity index is 1.47. The van der Waals surface area contributed by atoms with Gasteiger partial charge in [-0.25, -0.2) is 4.68 Å². The standard InChI is InChI=1S/C19H14BrClN4O/c20-17-15-3-1-2-4-16(15)24-18(17)19(26)22-9-12-10-23-25(11-12)14-7-5-13(21)6-8-14/h1-8,10-11,24H,9H2,(H,22,26). The molecule has 0 unspecified atom stereocenters. The Morgan fingerprint density at radius 3 is 2.73 bits per heavy atom. The van der Waals surface area contributed by atoms with Gasteiger partial charge in [0.1, 0.15) is 5.69 Å². The Labute approximate surface area is 163 Å². The fraction of sp³-hybridized carbons (Fsp3) is 0.0526. The molecular formula is C19H14BrClN4O. The van der Waals surface area contributed by atoms with E-state index in [2.05, 4.69) is 31.3 Å². The normalized spacial score (nSPS) is 11.0. The van der Waals surface area contributed by atoms with E-state index in [9.17, 15) is 4.79 Å². The van der Waals surface area contributed by atoms with Gasteiger partial charge in [-0.15, -0.1) is 0 Å². The van der Waals surface area contributed by atoms with Gasteiger partial charge in [0.2, 0.25) is 0 Å². The molecule has 2 heterocycles. The summed E-state index contributed by atoms with van der Waals surface area (Å²) in [7, 11) is 0. The molecule has 2 N–H and O–H groups in total. The first-order valence-corrected chi connectivity index (χ1v) is 9.13. The second-order valence-electron chi connectivity index (χ2n) is 5.81. The minimum atomic E-state index is -0.174. The second kappa shape index (κ2) is 6.97. The molecule has 7 heteroatoms. The van der Waals surface area contributed by atoms with Gasteiger partial charge < -0.3 is 10.3 Å². The van der Waals surface area contributed by atoms with E-state index in [1.807, 2.05) is 54.7 Å². The van der Waals surface area contributed by atoms with Gasteiger partial charge in [0.15, 0.2) is 0 Å². The van der Waals surface area contributed by atoms with Gasteiger partial charge in [-0.05, 0) is 46.3 Å². The number of H-pyrrole nitrogens is 1. The van der Waals surface area contributed by atoms with Crippen molar-refractivity contribution in [1.29, 1.82) is 0 Å². The molecule has 26 heavy (non-hydrogen) atoms. The zero-order chi connectivity index (χ0) is 18.1. The zero-order valence-corrected chi connectivity index (χ0v) is 15.9. The molecule has 0 bridgehead atoms. The number of rotatable bonds is 4. The third kappa shape index (κ3) is 3.25. The lowest BCUT2D eigenvalue weighted by Crippen LogP contribution is -2.23. The SMILES string of the molecule is O=C(NCc1cnn(-c2ccc(Cl)cc2)c1)c1[nH]c2ccccc2c1Br. The Morgan fingerprint density at radius 2 is 1.96 bits per heavy atom. The van der Waals surface area contributed by atoms with Crippen LogP contribution >= 0.6 is 27.5 Å². The van der Waals surface area contributed by atoms with Crippen molar-refractivity contribution in [1.82, 2.24) is 20.1 Å². The first-order valence-electron chi connectivity index (χ1n) is 7.96. The van der Waals surface area contributed by atoms with E-state index in [1.165, 1.54) is 0 Å². The predicted octanol–water partition coefficient (Wildman–Crippen LogP) is 4.70. The quantitative estimate of drug-likeness (QED) is 0.494. The van der Waals surface area contributed by atoms with Crippen molar-refractivity contribution in [3.05, 3.63) is 81.7 Å². The molecule has 0 aliphatic heterocycles. The molecule has 4 rings (SSSR count). The molecule has 0 saturated heterocycles. The first kappa shape index (κ1) is 16.9. The molecule has 0 saturated carbocycles. The van der Waals surface area contributed by atoms with Gasteiger partial charge in [-0.3, -0.25) is 4.79 Å². The highest BCUT2D eigenvalue weighted by atomic mass is 79.9. The van der Waals surface area contributed by atoms with Crippen molar-refractivity contribution >= 4 is 44.3 Å². The Hall–Kier alpha value is -2.57. The van der Waals surface area contributed by atoms with Gasteiger partial charge in [0.05, 0.1) is 16.4 Å². The van der Waals surface area contributed by atoms with Crippen LogP contribution in [0.2, 0.25) is 5.02 Å². The maximum absolute atomic E-state index is 12.5. The van der Waals surface area contributed by atoms with Crippen molar-refractivity contribution in [3.8, 4) is 5.69 Å². The van der Waals surface area contributed by atoms with Gasteiger partial charge in [-0.1, -0.05) is 29.8 Å². The Morgan fingerprint density at radius 1 is 1.19 bits per heavy atom. The number of carbonyl (C=O) groups is 1. The van der Waals surface area contributed by atoms with Crippen LogP contribution in [0.4, 0.5) is 0 Å². The summed E-state index contributed by atoms with van der Waals surface area (Å²) in [6.07, 6.45) is 3.61. The van der Waals surface area contributed by atoms with Crippen molar-refractivity contribution in [2.75, 3.05) is 0 Å². The summed E-state index contributed by atoms with van der Waals surface area (Å²) in [5.74, 6) is -0.174. The Bertz CT molecular complexity index is 1080. The maximum atomic E-state index is 12.5. The smallest absolute Gasteiger partial charge is 0.269 e. The number of hydrogen-bond donors (Lipinski definition) is 2. The minimum absolute atomic E-state index is 0.174. The van der Waals surface area contributed by atoms with E-state index in [1.54, 1.807) is 10.9 Å². The minimum Gasteiger partial charge on any atom is -0.350 e. The van der Waals surface area contributed by atoms with E-state index in [-0.39, 0.29) is 5.91 Å². The highest BCUT2D eigenvalue weighted by Crippen LogP contribution is 2.27. The van der Waals surface area contributed by atoms with E-state index >= 15 is 0 Å². The molecular weight excluding hydrogens is 416 g/mol. The highest BCUT2D eigenvalue weighted by Gasteiger charge is 2.15. The molecule has 0 radical (unpaired) electrons. The highest BCUT2D eigenvalue weighted by molar-refractivity contribution is 9.10. The van der Waals surface area contributed by atoms with E-state index in [0.717, 1.165) is 26.6 Å². The number of nitrogens with one attached hydrogen (secondary N) is 2. The van der Waals surface area contributed by atoms with Crippen LogP contribution in [0.25, 0.3) is 16.6 Å². The van der Waals surface area contributed by atoms with Crippen LogP contribution < -0.4 is 5.32 Å². The Kier molecular flexibility index (Phi) is 4.53. The molecule has 0 fully saturated rings. The number of fused-ring (bicyclic) bond motifs is 1. The summed E-state index contributed by atoms with van der Waals surface area (Å²) >= 11 is 9.41. The summed E-state index contributed by atoms with van der Waals surface area (Å²) < 4.78 is 2.51. The number of benzene rings is 2. The van der Waals surface area contributed by atoms with Crippen molar-refractivity contribution in [3.63, 3.8) is 0 Å². The molecule has 2 aromatic heterocycles. The molecule has 0 spiro atoms. The number of nitrogens with zero attached hydrogens (tertiary/aromatic N) is 2. The number of hydrogen-bond acceptors (Lipinski definition) is 2. The first-order chi connectivity index (χ1) is 12.6. The molecule has 130 valence electrons. The average molecular weight is 430 g/mol. The van der Waals surface area contributed by atoms with E-state index in [4.69, 9.17) is 11.6 Å². The molecule has 2 aromatic carbocycles. The van der Waals surface area contributed by atoms with Crippen LogP contribution in [-0.2, 0) is 6.54 Å². The van der Waals surface area contributed by atoms with Crippen molar-refractivity contribution in [2.45, 2.75) is 6.54 Å². The molecule has 0 atom stereocenters. The third-order valence-corrected chi connectivity index (χ3v) is 5.13. The van der Waals surface area contributed by atoms with Crippen LogP contribution in [-0.4, -0.2) is 20.7 Å². The van der Waals surface area contributed by atoms with Crippen LogP contribution in [0.3, 0.4) is 0 Å². The van der Waals surface area contributed by atoms with Gasteiger partial charge >= 0.3 is 0 Å². The van der Waals surface area contributed by atoms with E-state index < -0.39 is 0 Å². The van der Waals surface area contributed by atoms with Crippen LogP contribution in [0, 0.1) is 0 Å². The number of halogens is 2. The summed E-state index contributed by atoms with van der Waals surface area (Å²) in [6, 6.07) is 15.2. The van der Waals surface area contributed by atoms with Crippen LogP contribution in [0.1, 0.15) is 16.1 Å². The fourth-order valence-corrected chi connectivity index (χ4v) is 3.47. The lowest BCUT2D eigenvalue weighted by atomic mass is 10.2. The number of para-hydroxylation sites is 1. The predicted molar refractivity (Wildman–Crippen MR) is 106 cm³/mol. The monoisotopic (exact) mass is 428 g/mol. The molecule has 0 aliphatic carbocycles. The topological polar surface area (TPSA) is 62.7 Å². The van der Waals surface area contributed by atoms with Gasteiger partial charge in [0, 0.05) is 34.2 Å². The van der Waals surface area contributed by atoms with Gasteiger partial charge in [0.25, 0.3) is 5.91 Å². The molecule has 4 aromatic rings. The molecule has 5 nitrogen and oxygen atoms in total. The van der Waals surface area contributed by atoms with Gasteiger partial charge in [-0.2, -0.15) is 5.10 Å². The van der Waals surface area contributed by atoms with Crippen LogP contribution in [0.15, 0.2) is 65.4 Å². The van der Waals surface area contributed by atoms with E-state index in [0.29, 0.717) is 17.3 Å². The number of amides is 1. The largest absolute Gasteiger partial charge is 0.350 e. The van der Waals surface area contributed by atoms with Crippen LogP contribution in [0.5, 0.6) is 0 Å². The second-order valence-corrected chi connectivity index (χ2v) is 7.04. The maximum Gasteiger partial charge on any atom is 0.269 e. The third-order valence-electron chi connectivity index (χ3n) is 4.05. The average Bonchev–Trinajstić information content (AvgIpc) is 3.26. The van der Waals surface area contributed by atoms with Crippen molar-refractivity contribution in [2.24, 2.45) is 0 Å². The number of aromatic amines is 1.